The number of aryl methyl sites for hydroxylation is 1. The summed E-state index contributed by atoms with van der Waals surface area (Å²) < 4.78 is 0. The van der Waals surface area contributed by atoms with Crippen LogP contribution in [-0.2, 0) is 6.42 Å². The number of thiol groups is 1. The van der Waals surface area contributed by atoms with E-state index >= 15 is 0 Å². The van der Waals surface area contributed by atoms with E-state index < -0.39 is 0 Å². The predicted octanol–water partition coefficient (Wildman–Crippen LogP) is -0.725. The molecule has 0 radical (unpaired) electrons. The molecule has 2 heteroatoms. The summed E-state index contributed by atoms with van der Waals surface area (Å²) in [5.74, 6) is 0.935. The van der Waals surface area contributed by atoms with Gasteiger partial charge in [-0.25, -0.2) is 0 Å². The maximum Gasteiger partial charge on any atom is 1.00 e. The minimum Gasteiger partial charge on any atom is -1.00 e. The van der Waals surface area contributed by atoms with Gasteiger partial charge in [0.05, 0.1) is 0 Å². The third kappa shape index (κ3) is 3.67. The van der Waals surface area contributed by atoms with Gasteiger partial charge < -0.3 is 1.43 Å². The molecular weight excluding hydrogens is 151 g/mol. The molecule has 0 heterocycles. The number of hydrogen-bond acceptors (Lipinski definition) is 1. The maximum atomic E-state index is 4.13. The Labute approximate surface area is 91.2 Å². The van der Waals surface area contributed by atoms with Gasteiger partial charge >= 0.3 is 29.6 Å². The Bertz CT molecular complexity index is 167. The molecule has 0 atom stereocenters. The van der Waals surface area contributed by atoms with E-state index in [9.17, 15) is 0 Å². The second-order valence-corrected chi connectivity index (χ2v) is 2.41. The summed E-state index contributed by atoms with van der Waals surface area (Å²) in [5, 5.41) is 0. The molecule has 50 valence electrons. The van der Waals surface area contributed by atoms with Crippen molar-refractivity contribution >= 4 is 12.6 Å². The van der Waals surface area contributed by atoms with Gasteiger partial charge in [-0.2, -0.15) is 12.6 Å². The van der Waals surface area contributed by atoms with Gasteiger partial charge in [0.25, 0.3) is 0 Å². The molecule has 10 heavy (non-hydrogen) atoms. The van der Waals surface area contributed by atoms with Crippen LogP contribution in [0, 0.1) is 0 Å². The molecule has 0 aliphatic heterocycles. The van der Waals surface area contributed by atoms with E-state index in [4.69, 9.17) is 0 Å². The summed E-state index contributed by atoms with van der Waals surface area (Å²) in [6, 6.07) is 10.4. The summed E-state index contributed by atoms with van der Waals surface area (Å²) in [7, 11) is 0. The third-order valence-corrected chi connectivity index (χ3v) is 1.47. The number of benzene rings is 1. The molecule has 0 saturated carbocycles. The molecule has 0 fully saturated rings. The predicted molar refractivity (Wildman–Crippen MR) is 45.1 cm³/mol. The van der Waals surface area contributed by atoms with Crippen molar-refractivity contribution in [1.82, 2.24) is 0 Å². The number of hydrogen-bond donors (Lipinski definition) is 1. The van der Waals surface area contributed by atoms with Gasteiger partial charge in [0.2, 0.25) is 0 Å². The van der Waals surface area contributed by atoms with Crippen LogP contribution in [0.4, 0.5) is 0 Å². The zero-order chi connectivity index (χ0) is 6.53. The maximum absolute atomic E-state index is 4.13. The quantitative estimate of drug-likeness (QED) is 0.430. The molecular formula is C8H11NaS. The van der Waals surface area contributed by atoms with Crippen LogP contribution in [0.5, 0.6) is 0 Å². The van der Waals surface area contributed by atoms with Gasteiger partial charge in [-0.05, 0) is 17.7 Å². The fraction of sp³-hybridized carbons (Fsp3) is 0.250. The average Bonchev–Trinajstić information content (AvgIpc) is 1.91. The van der Waals surface area contributed by atoms with Gasteiger partial charge in [-0.1, -0.05) is 30.3 Å². The van der Waals surface area contributed by atoms with Crippen molar-refractivity contribution in [2.45, 2.75) is 6.42 Å². The first-order chi connectivity index (χ1) is 4.43. The minimum atomic E-state index is 0. The molecule has 1 rings (SSSR count). The average molecular weight is 162 g/mol. The van der Waals surface area contributed by atoms with E-state index in [0.717, 1.165) is 12.2 Å². The molecule has 1 aromatic carbocycles. The van der Waals surface area contributed by atoms with Crippen LogP contribution in [0.2, 0.25) is 0 Å². The monoisotopic (exact) mass is 162 g/mol. The first-order valence-corrected chi connectivity index (χ1v) is 3.71. The molecule has 0 bridgehead atoms. The summed E-state index contributed by atoms with van der Waals surface area (Å²) in [6.45, 7) is 0. The molecule has 0 nitrogen and oxygen atoms in total. The summed E-state index contributed by atoms with van der Waals surface area (Å²) >= 11 is 4.13. The van der Waals surface area contributed by atoms with Crippen LogP contribution in [0.15, 0.2) is 30.3 Å². The Hall–Kier alpha value is 0.570. The topological polar surface area (TPSA) is 0 Å². The van der Waals surface area contributed by atoms with Crippen molar-refractivity contribution < 1.29 is 31.0 Å². The normalized spacial score (nSPS) is 8.50. The van der Waals surface area contributed by atoms with Gasteiger partial charge in [0.15, 0.2) is 0 Å². The van der Waals surface area contributed by atoms with Gasteiger partial charge in [0, 0.05) is 0 Å². The van der Waals surface area contributed by atoms with E-state index in [1.165, 1.54) is 5.56 Å². The van der Waals surface area contributed by atoms with Gasteiger partial charge in [-0.15, -0.1) is 0 Å². The zero-order valence-electron chi connectivity index (χ0n) is 7.25. The van der Waals surface area contributed by atoms with Crippen molar-refractivity contribution in [1.29, 1.82) is 0 Å². The van der Waals surface area contributed by atoms with Crippen LogP contribution >= 0.6 is 12.6 Å². The molecule has 0 saturated heterocycles. The van der Waals surface area contributed by atoms with Crippen LogP contribution < -0.4 is 29.6 Å². The first kappa shape index (κ1) is 10.6. The molecule has 0 spiro atoms. The van der Waals surface area contributed by atoms with Gasteiger partial charge in [-0.3, -0.25) is 0 Å². The zero-order valence-corrected chi connectivity index (χ0v) is 9.14. The van der Waals surface area contributed by atoms with Crippen molar-refractivity contribution in [2.75, 3.05) is 5.75 Å². The fourth-order valence-corrected chi connectivity index (χ4v) is 1.03. The SMILES string of the molecule is SCCc1ccccc1.[H-].[Na+]. The molecule has 0 N–H and O–H groups in total. The van der Waals surface area contributed by atoms with E-state index in [0.29, 0.717) is 0 Å². The molecule has 0 aliphatic carbocycles. The Morgan fingerprint density at radius 2 is 1.80 bits per heavy atom. The Kier molecular flexibility index (Phi) is 6.65. The largest absolute Gasteiger partial charge is 1.00 e. The summed E-state index contributed by atoms with van der Waals surface area (Å²) in [5.41, 5.74) is 1.37. The van der Waals surface area contributed by atoms with Crippen LogP contribution in [0.3, 0.4) is 0 Å². The van der Waals surface area contributed by atoms with Crippen LogP contribution in [0.25, 0.3) is 0 Å². The summed E-state index contributed by atoms with van der Waals surface area (Å²) in [6.07, 6.45) is 1.07. The molecule has 0 aliphatic rings. The van der Waals surface area contributed by atoms with Crippen molar-refractivity contribution in [2.24, 2.45) is 0 Å². The molecule has 0 aromatic heterocycles. The fourth-order valence-electron chi connectivity index (χ4n) is 0.774. The van der Waals surface area contributed by atoms with E-state index in [2.05, 4.69) is 36.9 Å². The molecule has 0 amide bonds. The number of rotatable bonds is 2. The van der Waals surface area contributed by atoms with Crippen molar-refractivity contribution in [3.8, 4) is 0 Å². The van der Waals surface area contributed by atoms with E-state index in [1.807, 2.05) is 6.07 Å². The van der Waals surface area contributed by atoms with Crippen LogP contribution in [0.1, 0.15) is 6.99 Å². The molecule has 0 unspecified atom stereocenters. The van der Waals surface area contributed by atoms with E-state index in [-0.39, 0.29) is 31.0 Å². The van der Waals surface area contributed by atoms with Crippen LogP contribution in [-0.4, -0.2) is 5.75 Å². The Balaban J connectivity index is 0. The Morgan fingerprint density at radius 3 is 2.30 bits per heavy atom. The van der Waals surface area contributed by atoms with Crippen molar-refractivity contribution in [3.63, 3.8) is 0 Å². The molecule has 1 aromatic rings. The summed E-state index contributed by atoms with van der Waals surface area (Å²) in [4.78, 5) is 0. The van der Waals surface area contributed by atoms with Gasteiger partial charge in [0.1, 0.15) is 0 Å². The second-order valence-electron chi connectivity index (χ2n) is 1.96. The minimum absolute atomic E-state index is 0. The van der Waals surface area contributed by atoms with E-state index in [1.54, 1.807) is 0 Å². The second kappa shape index (κ2) is 6.29. The first-order valence-electron chi connectivity index (χ1n) is 3.08. The van der Waals surface area contributed by atoms with Crippen molar-refractivity contribution in [3.05, 3.63) is 35.9 Å². The standard InChI is InChI=1S/C8H10S.Na.H/c9-7-6-8-4-2-1-3-5-8;;/h1-5,9H,6-7H2;;/q;+1;-1. The smallest absolute Gasteiger partial charge is 1.00 e. The third-order valence-electron chi connectivity index (χ3n) is 1.24. The Morgan fingerprint density at radius 1 is 1.20 bits per heavy atom.